The Hall–Kier alpha value is -3.93. The first-order valence-corrected chi connectivity index (χ1v) is 10.4. The van der Waals surface area contributed by atoms with Crippen LogP contribution < -0.4 is 15.0 Å². The highest BCUT2D eigenvalue weighted by atomic mass is 19.1. The highest BCUT2D eigenvalue weighted by molar-refractivity contribution is 6.04. The summed E-state index contributed by atoms with van der Waals surface area (Å²) >= 11 is 0. The SMILES string of the molecule is CC1Oc2ccc(NC(=O)/C=C/c3ccc(F)cc3)cc2N(CCc2ccccc2)C1=O. The fourth-order valence-corrected chi connectivity index (χ4v) is 3.53. The van der Waals surface area contributed by atoms with Crippen molar-refractivity contribution >= 4 is 29.3 Å². The molecule has 0 spiro atoms. The van der Waals surface area contributed by atoms with Gasteiger partial charge in [0.1, 0.15) is 11.6 Å². The van der Waals surface area contributed by atoms with Gasteiger partial charge in [0.25, 0.3) is 5.91 Å². The van der Waals surface area contributed by atoms with E-state index in [9.17, 15) is 14.0 Å². The molecule has 0 aliphatic carbocycles. The first-order chi connectivity index (χ1) is 15.5. The lowest BCUT2D eigenvalue weighted by Crippen LogP contribution is -2.45. The van der Waals surface area contributed by atoms with Crippen LogP contribution in [0.25, 0.3) is 6.08 Å². The van der Waals surface area contributed by atoms with Crippen LogP contribution in [-0.2, 0) is 16.0 Å². The van der Waals surface area contributed by atoms with E-state index in [1.54, 1.807) is 48.2 Å². The van der Waals surface area contributed by atoms with Gasteiger partial charge >= 0.3 is 0 Å². The summed E-state index contributed by atoms with van der Waals surface area (Å²) in [6.45, 7) is 2.24. The molecule has 2 amide bonds. The number of hydrogen-bond donors (Lipinski definition) is 1. The van der Waals surface area contributed by atoms with E-state index in [1.807, 2.05) is 30.3 Å². The first-order valence-electron chi connectivity index (χ1n) is 10.4. The van der Waals surface area contributed by atoms with E-state index in [0.717, 1.165) is 5.56 Å². The van der Waals surface area contributed by atoms with Crippen LogP contribution in [0, 0.1) is 5.82 Å². The maximum absolute atomic E-state index is 13.0. The fraction of sp³-hybridized carbons (Fsp3) is 0.154. The maximum Gasteiger partial charge on any atom is 0.267 e. The third kappa shape index (κ3) is 5.03. The number of rotatable bonds is 6. The van der Waals surface area contributed by atoms with Gasteiger partial charge in [0.05, 0.1) is 5.69 Å². The Morgan fingerprint density at radius 3 is 2.59 bits per heavy atom. The average molecular weight is 430 g/mol. The second-order valence-corrected chi connectivity index (χ2v) is 7.54. The zero-order valence-electron chi connectivity index (χ0n) is 17.6. The molecule has 0 saturated heterocycles. The van der Waals surface area contributed by atoms with Crippen LogP contribution in [0.15, 0.2) is 78.9 Å². The molecule has 1 aliphatic rings. The number of nitrogens with zero attached hydrogens (tertiary/aromatic N) is 1. The van der Waals surface area contributed by atoms with Crippen LogP contribution in [0.5, 0.6) is 5.75 Å². The Labute approximate surface area is 186 Å². The van der Waals surface area contributed by atoms with Crippen molar-refractivity contribution in [2.45, 2.75) is 19.4 Å². The summed E-state index contributed by atoms with van der Waals surface area (Å²) in [5.74, 6) is -0.178. The van der Waals surface area contributed by atoms with E-state index in [1.165, 1.54) is 18.2 Å². The van der Waals surface area contributed by atoms with Gasteiger partial charge < -0.3 is 15.0 Å². The van der Waals surface area contributed by atoms with Crippen molar-refractivity contribution < 1.29 is 18.7 Å². The zero-order valence-corrected chi connectivity index (χ0v) is 17.6. The molecule has 5 nitrogen and oxygen atoms in total. The summed E-state index contributed by atoms with van der Waals surface area (Å²) < 4.78 is 18.8. The second-order valence-electron chi connectivity index (χ2n) is 7.54. The van der Waals surface area contributed by atoms with Crippen LogP contribution in [0.3, 0.4) is 0 Å². The molecule has 0 fully saturated rings. The molecule has 3 aromatic rings. The van der Waals surface area contributed by atoms with Gasteiger partial charge in [-0.05, 0) is 60.9 Å². The number of carbonyl (C=O) groups excluding carboxylic acids is 2. The second kappa shape index (κ2) is 9.47. The minimum atomic E-state index is -0.572. The molecule has 1 atom stereocenters. The van der Waals surface area contributed by atoms with Crippen molar-refractivity contribution in [3.63, 3.8) is 0 Å². The van der Waals surface area contributed by atoms with Crippen LogP contribution >= 0.6 is 0 Å². The molecule has 32 heavy (non-hydrogen) atoms. The van der Waals surface area contributed by atoms with Crippen molar-refractivity contribution in [1.29, 1.82) is 0 Å². The van der Waals surface area contributed by atoms with E-state index in [-0.39, 0.29) is 17.6 Å². The van der Waals surface area contributed by atoms with Gasteiger partial charge in [-0.25, -0.2) is 4.39 Å². The number of amides is 2. The number of hydrogen-bond acceptors (Lipinski definition) is 3. The van der Waals surface area contributed by atoms with E-state index < -0.39 is 6.10 Å². The van der Waals surface area contributed by atoms with Crippen LogP contribution in [0.2, 0.25) is 0 Å². The highest BCUT2D eigenvalue weighted by Crippen LogP contribution is 2.36. The van der Waals surface area contributed by atoms with E-state index >= 15 is 0 Å². The predicted octanol–water partition coefficient (Wildman–Crippen LogP) is 4.83. The monoisotopic (exact) mass is 430 g/mol. The van der Waals surface area contributed by atoms with Crippen molar-refractivity contribution in [2.75, 3.05) is 16.8 Å². The maximum atomic E-state index is 13.0. The summed E-state index contributed by atoms with van der Waals surface area (Å²) in [5, 5.41) is 2.80. The third-order valence-electron chi connectivity index (χ3n) is 5.20. The molecule has 0 saturated carbocycles. The minimum Gasteiger partial charge on any atom is -0.479 e. The number of ether oxygens (including phenoxy) is 1. The average Bonchev–Trinajstić information content (AvgIpc) is 2.80. The molecule has 1 N–H and O–H groups in total. The Morgan fingerprint density at radius 2 is 1.84 bits per heavy atom. The van der Waals surface area contributed by atoms with Crippen molar-refractivity contribution in [1.82, 2.24) is 0 Å². The molecule has 1 aliphatic heterocycles. The Bertz CT molecular complexity index is 1140. The van der Waals surface area contributed by atoms with Gasteiger partial charge in [-0.1, -0.05) is 42.5 Å². The number of benzene rings is 3. The molecule has 0 bridgehead atoms. The number of anilines is 2. The minimum absolute atomic E-state index is 0.117. The van der Waals surface area contributed by atoms with Gasteiger partial charge in [-0.3, -0.25) is 9.59 Å². The predicted molar refractivity (Wildman–Crippen MR) is 123 cm³/mol. The molecule has 0 aromatic heterocycles. The smallest absolute Gasteiger partial charge is 0.267 e. The molecule has 1 heterocycles. The lowest BCUT2D eigenvalue weighted by atomic mass is 10.1. The number of fused-ring (bicyclic) bond motifs is 1. The topological polar surface area (TPSA) is 58.6 Å². The summed E-state index contributed by atoms with van der Waals surface area (Å²) in [7, 11) is 0. The van der Waals surface area contributed by atoms with Gasteiger partial charge in [-0.2, -0.15) is 0 Å². The van der Waals surface area contributed by atoms with Crippen LogP contribution in [0.4, 0.5) is 15.8 Å². The van der Waals surface area contributed by atoms with E-state index in [4.69, 9.17) is 4.74 Å². The Morgan fingerprint density at radius 1 is 1.09 bits per heavy atom. The van der Waals surface area contributed by atoms with Crippen molar-refractivity contribution in [3.8, 4) is 5.75 Å². The van der Waals surface area contributed by atoms with Crippen molar-refractivity contribution in [2.24, 2.45) is 0 Å². The Kier molecular flexibility index (Phi) is 6.31. The zero-order chi connectivity index (χ0) is 22.5. The van der Waals surface area contributed by atoms with Crippen molar-refractivity contribution in [3.05, 3.63) is 95.8 Å². The molecular weight excluding hydrogens is 407 g/mol. The number of halogens is 1. The van der Waals surface area contributed by atoms with Gasteiger partial charge in [-0.15, -0.1) is 0 Å². The molecule has 4 rings (SSSR count). The summed E-state index contributed by atoms with van der Waals surface area (Å²) in [4.78, 5) is 26.9. The molecule has 6 heteroatoms. The molecule has 3 aromatic carbocycles. The summed E-state index contributed by atoms with van der Waals surface area (Å²) in [6.07, 6.45) is 3.12. The molecular formula is C26H23FN2O3. The normalized spacial score (nSPS) is 15.4. The first kappa shape index (κ1) is 21.3. The molecule has 0 radical (unpaired) electrons. The number of nitrogens with one attached hydrogen (secondary N) is 1. The van der Waals surface area contributed by atoms with E-state index in [0.29, 0.717) is 35.7 Å². The standard InChI is InChI=1S/C26H23FN2O3/c1-18-26(31)29(16-15-19-5-3-2-4-6-19)23-17-22(12-13-24(23)32-18)28-25(30)14-9-20-7-10-21(27)11-8-20/h2-14,17-18H,15-16H2,1H3,(H,28,30)/b14-9+. The summed E-state index contributed by atoms with van der Waals surface area (Å²) in [5.41, 5.74) is 3.03. The van der Waals surface area contributed by atoms with E-state index in [2.05, 4.69) is 5.32 Å². The Balaban J connectivity index is 1.49. The van der Waals surface area contributed by atoms with Gasteiger partial charge in [0, 0.05) is 18.3 Å². The fourth-order valence-electron chi connectivity index (χ4n) is 3.53. The van der Waals surface area contributed by atoms with Gasteiger partial charge in [0.15, 0.2) is 6.10 Å². The third-order valence-corrected chi connectivity index (χ3v) is 5.20. The lowest BCUT2D eigenvalue weighted by molar-refractivity contribution is -0.125. The van der Waals surface area contributed by atoms with Crippen LogP contribution in [0.1, 0.15) is 18.1 Å². The largest absolute Gasteiger partial charge is 0.479 e. The highest BCUT2D eigenvalue weighted by Gasteiger charge is 2.31. The van der Waals surface area contributed by atoms with Crippen LogP contribution in [-0.4, -0.2) is 24.5 Å². The lowest BCUT2D eigenvalue weighted by Gasteiger charge is -2.33. The number of carbonyl (C=O) groups is 2. The quantitative estimate of drug-likeness (QED) is 0.570. The summed E-state index contributed by atoms with van der Waals surface area (Å²) in [6, 6.07) is 21.0. The van der Waals surface area contributed by atoms with Gasteiger partial charge in [0.2, 0.25) is 5.91 Å². The molecule has 1 unspecified atom stereocenters. The molecule has 162 valence electrons.